The van der Waals surface area contributed by atoms with Crippen LogP contribution in [0.25, 0.3) is 0 Å². The van der Waals surface area contributed by atoms with E-state index in [-0.39, 0.29) is 36.8 Å². The summed E-state index contributed by atoms with van der Waals surface area (Å²) < 4.78 is 15.5. The number of piperazine rings is 1. The van der Waals surface area contributed by atoms with Crippen LogP contribution in [0.3, 0.4) is 0 Å². The Kier molecular flexibility index (Phi) is 12.9. The number of rotatable bonds is 13. The van der Waals surface area contributed by atoms with Gasteiger partial charge in [0.1, 0.15) is 29.7 Å². The molecule has 4 amide bonds. The molecule has 13 nitrogen and oxygen atoms in total. The highest BCUT2D eigenvalue weighted by Crippen LogP contribution is 2.28. The van der Waals surface area contributed by atoms with Gasteiger partial charge in [-0.1, -0.05) is 19.3 Å². The highest BCUT2D eigenvalue weighted by atomic mass is 19.1. The van der Waals surface area contributed by atoms with E-state index < -0.39 is 23.7 Å². The summed E-state index contributed by atoms with van der Waals surface area (Å²) in [5, 5.41) is 5.51. The number of aromatic nitrogens is 2. The number of carbonyl (C=O) groups excluding carboxylic acids is 5. The molecule has 1 saturated carbocycles. The van der Waals surface area contributed by atoms with E-state index in [1.807, 2.05) is 4.90 Å². The second-order valence-electron chi connectivity index (χ2n) is 13.6. The number of nitrogens with zero attached hydrogens (tertiary/aromatic N) is 6. The molecule has 5 rings (SSSR count). The van der Waals surface area contributed by atoms with E-state index in [0.29, 0.717) is 42.2 Å². The second kappa shape index (κ2) is 17.5. The average Bonchev–Trinajstić information content (AvgIpc) is 3.14. The molecular weight excluding hydrogens is 643 g/mol. The molecule has 2 aromatic rings. The first-order valence-corrected chi connectivity index (χ1v) is 17.8. The highest BCUT2D eigenvalue weighted by molar-refractivity contribution is 6.04. The summed E-state index contributed by atoms with van der Waals surface area (Å²) in [5.41, 5.74) is 1.23. The molecule has 0 radical (unpaired) electrons. The minimum Gasteiger partial charge on any atom is -0.367 e. The Labute approximate surface area is 293 Å². The topological polar surface area (TPSA) is 148 Å². The van der Waals surface area contributed by atoms with Crippen molar-refractivity contribution >= 4 is 41.9 Å². The van der Waals surface area contributed by atoms with Crippen molar-refractivity contribution in [1.82, 2.24) is 30.4 Å². The number of halogens is 1. The first-order valence-electron chi connectivity index (χ1n) is 17.8. The lowest BCUT2D eigenvalue weighted by atomic mass is 9.95. The standard InChI is InChI=1S/C36H49FN8O5/c1-25-19-32(29(37)20-28(25)36(50)45(24-47)31(9-6-18-46)35(49)38-2)43-16-14-42(15-17-43)23-26-10-12-44(13-11-26)33-22-39-30(21-40-33)34(48)41-27-7-4-3-5-8-27/h18-22,24,26-27,31H,3-17,23H2,1-2H3,(H,38,49)(H,41,48). The minimum absolute atomic E-state index is 0.00887. The van der Waals surface area contributed by atoms with Gasteiger partial charge in [-0.25, -0.2) is 14.4 Å². The molecule has 0 spiro atoms. The zero-order valence-corrected chi connectivity index (χ0v) is 29.1. The molecule has 1 atom stereocenters. The van der Waals surface area contributed by atoms with Gasteiger partial charge in [-0.05, 0) is 62.6 Å². The van der Waals surface area contributed by atoms with Gasteiger partial charge in [0.25, 0.3) is 11.8 Å². The number of hydrogen-bond donors (Lipinski definition) is 2. The van der Waals surface area contributed by atoms with Gasteiger partial charge in [0.05, 0.1) is 18.1 Å². The van der Waals surface area contributed by atoms with Gasteiger partial charge in [0, 0.05) is 70.9 Å². The number of benzene rings is 1. The first-order chi connectivity index (χ1) is 24.2. The van der Waals surface area contributed by atoms with E-state index in [9.17, 15) is 24.0 Å². The predicted octanol–water partition coefficient (Wildman–Crippen LogP) is 2.72. The molecular formula is C36H49FN8O5. The van der Waals surface area contributed by atoms with Gasteiger partial charge in [-0.2, -0.15) is 0 Å². The Balaban J connectivity index is 1.09. The molecule has 3 heterocycles. The number of aldehydes is 1. The molecule has 1 aromatic carbocycles. The van der Waals surface area contributed by atoms with Crippen molar-refractivity contribution in [2.24, 2.45) is 5.92 Å². The molecule has 270 valence electrons. The first kappa shape index (κ1) is 36.8. The van der Waals surface area contributed by atoms with Crippen LogP contribution in [0.1, 0.15) is 84.2 Å². The van der Waals surface area contributed by atoms with Crippen LogP contribution in [-0.4, -0.2) is 115 Å². The molecule has 0 bridgehead atoms. The maximum absolute atomic E-state index is 15.5. The van der Waals surface area contributed by atoms with Gasteiger partial charge >= 0.3 is 0 Å². The molecule has 1 aliphatic carbocycles. The Hall–Kier alpha value is -4.46. The van der Waals surface area contributed by atoms with Gasteiger partial charge in [-0.3, -0.25) is 29.0 Å². The number of likely N-dealkylation sites (N-methyl/N-ethyl adjacent to an activating group) is 1. The Morgan fingerprint density at radius 2 is 1.68 bits per heavy atom. The lowest BCUT2D eigenvalue weighted by molar-refractivity contribution is -0.131. The average molecular weight is 693 g/mol. The van der Waals surface area contributed by atoms with Crippen LogP contribution in [0, 0.1) is 18.7 Å². The maximum Gasteiger partial charge on any atom is 0.271 e. The molecule has 1 aromatic heterocycles. The maximum atomic E-state index is 15.5. The fraction of sp³-hybridized carbons (Fsp3) is 0.583. The lowest BCUT2D eigenvalue weighted by Gasteiger charge is -2.40. The van der Waals surface area contributed by atoms with Gasteiger partial charge < -0.3 is 25.2 Å². The Morgan fingerprint density at radius 3 is 2.30 bits per heavy atom. The third kappa shape index (κ3) is 9.01. The lowest BCUT2D eigenvalue weighted by Crippen LogP contribution is -2.49. The number of amides is 4. The van der Waals surface area contributed by atoms with Gasteiger partial charge in [-0.15, -0.1) is 0 Å². The van der Waals surface area contributed by atoms with Crippen molar-refractivity contribution in [1.29, 1.82) is 0 Å². The van der Waals surface area contributed by atoms with Crippen molar-refractivity contribution in [3.63, 3.8) is 0 Å². The summed E-state index contributed by atoms with van der Waals surface area (Å²) in [5.74, 6) is -0.779. The summed E-state index contributed by atoms with van der Waals surface area (Å²) in [7, 11) is 1.38. The smallest absolute Gasteiger partial charge is 0.271 e. The van der Waals surface area contributed by atoms with E-state index in [2.05, 4.69) is 30.4 Å². The van der Waals surface area contributed by atoms with Crippen molar-refractivity contribution < 1.29 is 28.4 Å². The number of nitrogens with one attached hydrogen (secondary N) is 2. The largest absolute Gasteiger partial charge is 0.367 e. The summed E-state index contributed by atoms with van der Waals surface area (Å²) in [4.78, 5) is 77.4. The van der Waals surface area contributed by atoms with E-state index in [4.69, 9.17) is 0 Å². The van der Waals surface area contributed by atoms with Crippen LogP contribution in [0.4, 0.5) is 15.9 Å². The van der Waals surface area contributed by atoms with Gasteiger partial charge in [0.15, 0.2) is 0 Å². The third-order valence-electron chi connectivity index (χ3n) is 10.3. The van der Waals surface area contributed by atoms with Crippen LogP contribution in [0.5, 0.6) is 0 Å². The van der Waals surface area contributed by atoms with Crippen LogP contribution < -0.4 is 20.4 Å². The number of hydrogen-bond acceptors (Lipinski definition) is 10. The zero-order chi connectivity index (χ0) is 35.6. The molecule has 3 aliphatic rings. The Bertz CT molecular complexity index is 1500. The molecule has 3 fully saturated rings. The number of piperidine rings is 1. The van der Waals surface area contributed by atoms with Crippen LogP contribution in [-0.2, 0) is 14.4 Å². The number of carbonyl (C=O) groups is 5. The van der Waals surface area contributed by atoms with Crippen molar-refractivity contribution in [2.75, 3.05) is 62.7 Å². The quantitative estimate of drug-likeness (QED) is 0.301. The molecule has 2 N–H and O–H groups in total. The summed E-state index contributed by atoms with van der Waals surface area (Å²) >= 11 is 0. The SMILES string of the molecule is CNC(=O)C(CCC=O)N(C=O)C(=O)c1cc(F)c(N2CCN(CC3CCN(c4cnc(C(=O)NC5CCCCC5)cn4)CC3)CC2)cc1C. The molecule has 14 heteroatoms. The fourth-order valence-electron chi connectivity index (χ4n) is 7.32. The highest BCUT2D eigenvalue weighted by Gasteiger charge is 2.32. The number of imide groups is 1. The molecule has 50 heavy (non-hydrogen) atoms. The summed E-state index contributed by atoms with van der Waals surface area (Å²) in [6.07, 6.45) is 11.7. The fourth-order valence-corrected chi connectivity index (χ4v) is 7.32. The third-order valence-corrected chi connectivity index (χ3v) is 10.3. The van der Waals surface area contributed by atoms with Crippen LogP contribution in [0.2, 0.25) is 0 Å². The van der Waals surface area contributed by atoms with Crippen LogP contribution in [0.15, 0.2) is 24.5 Å². The van der Waals surface area contributed by atoms with Crippen molar-refractivity contribution in [3.8, 4) is 0 Å². The second-order valence-corrected chi connectivity index (χ2v) is 13.6. The number of anilines is 2. The van der Waals surface area contributed by atoms with Crippen molar-refractivity contribution in [3.05, 3.63) is 47.2 Å². The Morgan fingerprint density at radius 1 is 0.960 bits per heavy atom. The normalized spacial score (nSPS) is 18.3. The van der Waals surface area contributed by atoms with Gasteiger partial charge in [0.2, 0.25) is 12.3 Å². The summed E-state index contributed by atoms with van der Waals surface area (Å²) in [6.45, 7) is 7.18. The van der Waals surface area contributed by atoms with E-state index in [0.717, 1.165) is 88.0 Å². The van der Waals surface area contributed by atoms with E-state index >= 15 is 4.39 Å². The van der Waals surface area contributed by atoms with E-state index in [1.54, 1.807) is 25.4 Å². The molecule has 2 saturated heterocycles. The monoisotopic (exact) mass is 692 g/mol. The van der Waals surface area contributed by atoms with E-state index in [1.165, 1.54) is 13.5 Å². The van der Waals surface area contributed by atoms with Crippen LogP contribution >= 0.6 is 0 Å². The minimum atomic E-state index is -1.18. The summed E-state index contributed by atoms with van der Waals surface area (Å²) in [6, 6.07) is 1.81. The predicted molar refractivity (Wildman–Crippen MR) is 186 cm³/mol. The zero-order valence-electron chi connectivity index (χ0n) is 29.1. The molecule has 2 aliphatic heterocycles. The van der Waals surface area contributed by atoms with Crippen molar-refractivity contribution in [2.45, 2.75) is 76.8 Å². The molecule has 1 unspecified atom stereocenters. The number of aryl methyl sites for hydroxylation is 1.